The first-order valence-corrected chi connectivity index (χ1v) is 12.5. The van der Waals surface area contributed by atoms with Crippen LogP contribution >= 0.6 is 11.6 Å². The third-order valence-corrected chi connectivity index (χ3v) is 6.88. The van der Waals surface area contributed by atoms with Crippen LogP contribution in [0.5, 0.6) is 5.75 Å². The van der Waals surface area contributed by atoms with Gasteiger partial charge in [0.25, 0.3) is 0 Å². The van der Waals surface area contributed by atoms with Gasteiger partial charge in [0.1, 0.15) is 17.2 Å². The summed E-state index contributed by atoms with van der Waals surface area (Å²) in [5, 5.41) is 0.545. The molecular weight excluding hydrogens is 479 g/mol. The number of hydrogen-bond acceptors (Lipinski definition) is 4. The number of para-hydroxylation sites is 2. The van der Waals surface area contributed by atoms with Crippen molar-refractivity contribution < 1.29 is 13.9 Å². The maximum atomic E-state index is 14.9. The van der Waals surface area contributed by atoms with Crippen LogP contribution in [0.4, 0.5) is 10.1 Å². The molecule has 1 unspecified atom stereocenters. The fourth-order valence-electron chi connectivity index (χ4n) is 4.86. The second-order valence-electron chi connectivity index (χ2n) is 8.81. The number of benzene rings is 2. The van der Waals surface area contributed by atoms with Crippen LogP contribution in [0.15, 0.2) is 73.1 Å². The second-order valence-corrected chi connectivity index (χ2v) is 9.24. The Morgan fingerprint density at radius 3 is 2.58 bits per heavy atom. The molecule has 4 aromatic rings. The molecule has 1 atom stereocenters. The lowest BCUT2D eigenvalue weighted by molar-refractivity contribution is -0.131. The summed E-state index contributed by atoms with van der Waals surface area (Å²) in [6, 6.07) is 18.2. The first kappa shape index (κ1) is 24.1. The summed E-state index contributed by atoms with van der Waals surface area (Å²) in [6.45, 7) is 5.14. The van der Waals surface area contributed by atoms with E-state index in [2.05, 4.69) is 9.88 Å². The van der Waals surface area contributed by atoms with Gasteiger partial charge in [-0.2, -0.15) is 0 Å². The van der Waals surface area contributed by atoms with Crippen LogP contribution in [0, 0.1) is 5.82 Å². The third kappa shape index (κ3) is 4.88. The highest BCUT2D eigenvalue weighted by atomic mass is 35.5. The average molecular weight is 507 g/mol. The Hall–Kier alpha value is -3.58. The number of carbonyl (C=O) groups excluding carboxylic acids is 1. The second kappa shape index (κ2) is 10.6. The standard InChI is InChI=1S/C28H28ClFN4O2/c1-2-36-26-10-6-5-9-24(26)32-13-15-33(16-14-32)28(35)17-22(21-7-3-4-8-23(21)30)25-18-31-27-12-11-20(29)19-34(25)27/h3-12,18-19,22H,2,13-17H2,1H3. The van der Waals surface area contributed by atoms with E-state index in [4.69, 9.17) is 16.3 Å². The maximum absolute atomic E-state index is 14.9. The van der Waals surface area contributed by atoms with E-state index in [0.717, 1.165) is 17.1 Å². The number of amides is 1. The summed E-state index contributed by atoms with van der Waals surface area (Å²) in [6.07, 6.45) is 3.60. The number of aromatic nitrogens is 2. The number of pyridine rings is 1. The number of anilines is 1. The molecule has 6 nitrogen and oxygen atoms in total. The molecule has 3 heterocycles. The normalized spacial score (nSPS) is 14.8. The highest BCUT2D eigenvalue weighted by Crippen LogP contribution is 2.33. The average Bonchev–Trinajstić information content (AvgIpc) is 3.31. The van der Waals surface area contributed by atoms with Gasteiger partial charge in [0.15, 0.2) is 0 Å². The fraction of sp³-hybridized carbons (Fsp3) is 0.286. The monoisotopic (exact) mass is 506 g/mol. The summed E-state index contributed by atoms with van der Waals surface area (Å²) in [4.78, 5) is 22.1. The smallest absolute Gasteiger partial charge is 0.223 e. The molecule has 5 rings (SSSR count). The van der Waals surface area contributed by atoms with Gasteiger partial charge < -0.3 is 18.9 Å². The minimum absolute atomic E-state index is 0.0158. The van der Waals surface area contributed by atoms with Crippen molar-refractivity contribution in [3.05, 3.63) is 95.2 Å². The highest BCUT2D eigenvalue weighted by Gasteiger charge is 2.29. The Morgan fingerprint density at radius 2 is 1.81 bits per heavy atom. The number of imidazole rings is 1. The molecule has 1 fully saturated rings. The number of ether oxygens (including phenoxy) is 1. The van der Waals surface area contributed by atoms with Gasteiger partial charge in [-0.25, -0.2) is 9.37 Å². The Balaban J connectivity index is 1.36. The predicted octanol–water partition coefficient (Wildman–Crippen LogP) is 5.40. The van der Waals surface area contributed by atoms with E-state index in [-0.39, 0.29) is 18.1 Å². The molecule has 36 heavy (non-hydrogen) atoms. The topological polar surface area (TPSA) is 50.1 Å². The predicted molar refractivity (Wildman–Crippen MR) is 139 cm³/mol. The van der Waals surface area contributed by atoms with Crippen LogP contribution in [0.1, 0.15) is 30.5 Å². The molecule has 0 N–H and O–H groups in total. The van der Waals surface area contributed by atoms with Crippen molar-refractivity contribution >= 4 is 28.8 Å². The van der Waals surface area contributed by atoms with Gasteiger partial charge in [-0.05, 0) is 42.8 Å². The minimum atomic E-state index is -0.496. The summed E-state index contributed by atoms with van der Waals surface area (Å²) >= 11 is 6.24. The van der Waals surface area contributed by atoms with Crippen LogP contribution < -0.4 is 9.64 Å². The van der Waals surface area contributed by atoms with Crippen molar-refractivity contribution in [1.82, 2.24) is 14.3 Å². The number of fused-ring (bicyclic) bond motifs is 1. The molecule has 0 saturated carbocycles. The molecule has 1 saturated heterocycles. The number of halogens is 2. The van der Waals surface area contributed by atoms with Crippen LogP contribution in [0.3, 0.4) is 0 Å². The van der Waals surface area contributed by atoms with Gasteiger partial charge in [-0.15, -0.1) is 0 Å². The van der Waals surface area contributed by atoms with Gasteiger partial charge >= 0.3 is 0 Å². The lowest BCUT2D eigenvalue weighted by Gasteiger charge is -2.37. The molecule has 186 valence electrons. The number of rotatable bonds is 7. The Kier molecular flexibility index (Phi) is 7.09. The summed E-state index contributed by atoms with van der Waals surface area (Å²) < 4.78 is 22.6. The van der Waals surface area contributed by atoms with Gasteiger partial charge in [0.2, 0.25) is 5.91 Å². The van der Waals surface area contributed by atoms with E-state index >= 15 is 0 Å². The fourth-order valence-corrected chi connectivity index (χ4v) is 5.02. The highest BCUT2D eigenvalue weighted by molar-refractivity contribution is 6.30. The lowest BCUT2D eigenvalue weighted by Crippen LogP contribution is -2.49. The molecule has 1 aliphatic heterocycles. The van der Waals surface area contributed by atoms with E-state index in [0.29, 0.717) is 49.0 Å². The van der Waals surface area contributed by atoms with Gasteiger partial charge in [0, 0.05) is 50.9 Å². The quantitative estimate of drug-likeness (QED) is 0.337. The zero-order valence-corrected chi connectivity index (χ0v) is 20.9. The lowest BCUT2D eigenvalue weighted by atomic mass is 9.91. The van der Waals surface area contributed by atoms with E-state index < -0.39 is 5.92 Å². The summed E-state index contributed by atoms with van der Waals surface area (Å²) in [7, 11) is 0. The molecule has 0 aliphatic carbocycles. The molecule has 2 aromatic heterocycles. The summed E-state index contributed by atoms with van der Waals surface area (Å²) in [5.74, 6) is -0.00264. The zero-order valence-electron chi connectivity index (χ0n) is 20.1. The van der Waals surface area contributed by atoms with Gasteiger partial charge in [0.05, 0.1) is 23.0 Å². The van der Waals surface area contributed by atoms with Crippen molar-refractivity contribution in [3.63, 3.8) is 0 Å². The van der Waals surface area contributed by atoms with E-state index in [9.17, 15) is 9.18 Å². The van der Waals surface area contributed by atoms with Crippen LogP contribution in [0.25, 0.3) is 5.65 Å². The van der Waals surface area contributed by atoms with Crippen LogP contribution in [0.2, 0.25) is 5.02 Å². The molecular formula is C28H28ClFN4O2. The van der Waals surface area contributed by atoms with Gasteiger partial charge in [-0.3, -0.25) is 4.79 Å². The number of carbonyl (C=O) groups is 1. The largest absolute Gasteiger partial charge is 0.492 e. The molecule has 1 aliphatic rings. The minimum Gasteiger partial charge on any atom is -0.492 e. The molecule has 0 radical (unpaired) electrons. The van der Waals surface area contributed by atoms with Crippen LogP contribution in [-0.4, -0.2) is 53.0 Å². The molecule has 8 heteroatoms. The molecule has 1 amide bonds. The van der Waals surface area contributed by atoms with Crippen LogP contribution in [-0.2, 0) is 4.79 Å². The van der Waals surface area contributed by atoms with Crippen molar-refractivity contribution in [1.29, 1.82) is 0 Å². The third-order valence-electron chi connectivity index (χ3n) is 6.65. The van der Waals surface area contributed by atoms with E-state index in [1.807, 2.05) is 46.6 Å². The zero-order chi connectivity index (χ0) is 25.1. The number of hydrogen-bond donors (Lipinski definition) is 0. The maximum Gasteiger partial charge on any atom is 0.223 e. The Labute approximate surface area is 214 Å². The van der Waals surface area contributed by atoms with Crippen molar-refractivity contribution in [2.75, 3.05) is 37.7 Å². The van der Waals surface area contributed by atoms with Gasteiger partial charge in [-0.1, -0.05) is 41.9 Å². The first-order valence-electron chi connectivity index (χ1n) is 12.2. The van der Waals surface area contributed by atoms with Crippen molar-refractivity contribution in [2.45, 2.75) is 19.3 Å². The number of nitrogens with zero attached hydrogens (tertiary/aromatic N) is 4. The SMILES string of the molecule is CCOc1ccccc1N1CCN(C(=O)CC(c2ccccc2F)c2cnc3ccc(Cl)cn23)CC1. The first-order chi connectivity index (χ1) is 17.5. The molecule has 0 bridgehead atoms. The number of piperazine rings is 1. The Bertz CT molecular complexity index is 1370. The Morgan fingerprint density at radius 1 is 1.06 bits per heavy atom. The van der Waals surface area contributed by atoms with Crippen molar-refractivity contribution in [3.8, 4) is 5.75 Å². The summed E-state index contributed by atoms with van der Waals surface area (Å²) in [5.41, 5.74) is 2.94. The van der Waals surface area contributed by atoms with E-state index in [1.165, 1.54) is 6.07 Å². The van der Waals surface area contributed by atoms with Crippen molar-refractivity contribution in [2.24, 2.45) is 0 Å². The van der Waals surface area contributed by atoms with E-state index in [1.54, 1.807) is 36.7 Å². The molecule has 2 aromatic carbocycles. The molecule has 0 spiro atoms.